The molecule has 2 aromatic carbocycles. The van der Waals surface area contributed by atoms with Crippen LogP contribution in [0.2, 0.25) is 5.02 Å². The number of rotatable bonds is 5. The number of carbonyl (C=O) groups excluding carboxylic acids is 1. The van der Waals surface area contributed by atoms with Gasteiger partial charge in [-0.2, -0.15) is 18.2 Å². The van der Waals surface area contributed by atoms with Crippen molar-refractivity contribution in [2.75, 3.05) is 23.7 Å². The van der Waals surface area contributed by atoms with Crippen LogP contribution in [0.1, 0.15) is 19.0 Å². The van der Waals surface area contributed by atoms with Crippen LogP contribution in [-0.4, -0.2) is 45.9 Å². The van der Waals surface area contributed by atoms with Gasteiger partial charge in [0.2, 0.25) is 5.91 Å². The van der Waals surface area contributed by atoms with Gasteiger partial charge in [0.05, 0.1) is 11.6 Å². The number of nitrogens with one attached hydrogen (secondary N) is 2. The largest absolute Gasteiger partial charge is 0.433 e. The van der Waals surface area contributed by atoms with E-state index in [2.05, 4.69) is 20.6 Å². The van der Waals surface area contributed by atoms with E-state index in [1.807, 2.05) is 0 Å². The normalized spacial score (nSPS) is 18.0. The molecular formula is C26H22ClF4N5O2. The number of oxazole rings is 1. The molecule has 0 radical (unpaired) electrons. The number of fused-ring (bicyclic) bond motifs is 1. The van der Waals surface area contributed by atoms with Crippen LogP contribution in [0.3, 0.4) is 0 Å². The number of pyridine rings is 1. The molecule has 0 spiro atoms. The topological polar surface area (TPSA) is 83.3 Å². The van der Waals surface area contributed by atoms with Gasteiger partial charge in [-0.3, -0.25) is 4.79 Å². The number of anilines is 2. The summed E-state index contributed by atoms with van der Waals surface area (Å²) in [5.41, 5.74) is 0.501. The minimum absolute atomic E-state index is 0.147. The summed E-state index contributed by atoms with van der Waals surface area (Å²) >= 11 is 6.12. The van der Waals surface area contributed by atoms with Crippen molar-refractivity contribution in [1.82, 2.24) is 14.9 Å². The Bertz CT molecular complexity index is 1480. The third-order valence-corrected chi connectivity index (χ3v) is 6.52. The Morgan fingerprint density at radius 1 is 1.05 bits per heavy atom. The highest BCUT2D eigenvalue weighted by molar-refractivity contribution is 6.31. The Morgan fingerprint density at radius 2 is 1.76 bits per heavy atom. The van der Waals surface area contributed by atoms with Crippen molar-refractivity contribution in [3.63, 3.8) is 0 Å². The van der Waals surface area contributed by atoms with Gasteiger partial charge in [-0.1, -0.05) is 11.6 Å². The molecule has 198 valence electrons. The van der Waals surface area contributed by atoms with E-state index < -0.39 is 17.9 Å². The molecule has 7 nitrogen and oxygen atoms in total. The second kappa shape index (κ2) is 10.1. The monoisotopic (exact) mass is 547 g/mol. The van der Waals surface area contributed by atoms with Gasteiger partial charge < -0.3 is 20.0 Å². The number of hydrogen-bond donors (Lipinski definition) is 2. The lowest BCUT2D eigenvalue weighted by molar-refractivity contribution is -0.140. The molecule has 1 aliphatic rings. The molecule has 1 amide bonds. The summed E-state index contributed by atoms with van der Waals surface area (Å²) in [5.74, 6) is -0.548. The summed E-state index contributed by atoms with van der Waals surface area (Å²) in [7, 11) is 0. The van der Waals surface area contributed by atoms with Gasteiger partial charge in [0.1, 0.15) is 23.5 Å². The van der Waals surface area contributed by atoms with E-state index in [-0.39, 0.29) is 41.5 Å². The standard InChI is InChI=1S/C26H22ClF4N5O2/c1-14(37)36-11-18(32-22-10-24(26(29,30)31)34-21-7-4-16(27)8-20(21)22)9-19(12-36)33-25-35-23(13-38-25)15-2-5-17(28)6-3-15/h2-8,10,13,18-19H,9,11-12H2,1H3,(H,32,34)(H,33,35)/t18-,19+/m1/s1. The molecule has 1 saturated heterocycles. The van der Waals surface area contributed by atoms with Crippen LogP contribution in [0.15, 0.2) is 59.2 Å². The highest BCUT2D eigenvalue weighted by atomic mass is 35.5. The van der Waals surface area contributed by atoms with Crippen LogP contribution >= 0.6 is 11.6 Å². The van der Waals surface area contributed by atoms with Gasteiger partial charge in [0, 0.05) is 47.7 Å². The lowest BCUT2D eigenvalue weighted by Gasteiger charge is -2.38. The maximum absolute atomic E-state index is 13.6. The zero-order chi connectivity index (χ0) is 27.0. The fraction of sp³-hybridized carbons (Fsp3) is 0.269. The first-order chi connectivity index (χ1) is 18.0. The predicted octanol–water partition coefficient (Wildman–Crippen LogP) is 6.21. The smallest absolute Gasteiger partial charge is 0.432 e. The van der Waals surface area contributed by atoms with E-state index >= 15 is 0 Å². The van der Waals surface area contributed by atoms with Crippen LogP contribution in [0.4, 0.5) is 29.3 Å². The molecule has 4 aromatic rings. The lowest BCUT2D eigenvalue weighted by atomic mass is 9.99. The first-order valence-electron chi connectivity index (χ1n) is 11.7. The molecule has 3 heterocycles. The van der Waals surface area contributed by atoms with E-state index in [0.29, 0.717) is 34.6 Å². The summed E-state index contributed by atoms with van der Waals surface area (Å²) in [5, 5.41) is 7.14. The van der Waals surface area contributed by atoms with Crippen molar-refractivity contribution >= 4 is 40.1 Å². The molecule has 12 heteroatoms. The summed E-state index contributed by atoms with van der Waals surface area (Å²) in [6.45, 7) is 2.06. The molecule has 1 aliphatic heterocycles. The summed E-state index contributed by atoms with van der Waals surface area (Å²) < 4.78 is 59.4. The van der Waals surface area contributed by atoms with E-state index in [1.54, 1.807) is 23.1 Å². The van der Waals surface area contributed by atoms with Crippen molar-refractivity contribution in [1.29, 1.82) is 0 Å². The Balaban J connectivity index is 1.39. The van der Waals surface area contributed by atoms with Crippen LogP contribution in [0.5, 0.6) is 0 Å². The van der Waals surface area contributed by atoms with Crippen molar-refractivity contribution in [3.8, 4) is 11.3 Å². The molecule has 38 heavy (non-hydrogen) atoms. The number of piperidine rings is 1. The van der Waals surface area contributed by atoms with Crippen molar-refractivity contribution < 1.29 is 26.8 Å². The second-order valence-corrected chi connectivity index (χ2v) is 9.54. The minimum atomic E-state index is -4.64. The molecule has 1 fully saturated rings. The number of alkyl halides is 3. The maximum Gasteiger partial charge on any atom is 0.433 e. The average molecular weight is 548 g/mol. The zero-order valence-electron chi connectivity index (χ0n) is 20.0. The van der Waals surface area contributed by atoms with Crippen LogP contribution < -0.4 is 10.6 Å². The number of halogens is 5. The first-order valence-corrected chi connectivity index (χ1v) is 12.1. The molecule has 0 unspecified atom stereocenters. The van der Waals surface area contributed by atoms with Gasteiger partial charge in [0.15, 0.2) is 0 Å². The maximum atomic E-state index is 13.6. The lowest BCUT2D eigenvalue weighted by Crippen LogP contribution is -2.52. The molecule has 0 bridgehead atoms. The van der Waals surface area contributed by atoms with Gasteiger partial charge in [-0.05, 0) is 55.0 Å². The molecule has 5 rings (SSSR count). The Hall–Kier alpha value is -3.86. The van der Waals surface area contributed by atoms with Crippen LogP contribution in [-0.2, 0) is 11.0 Å². The molecule has 0 aliphatic carbocycles. The number of nitrogens with zero attached hydrogens (tertiary/aromatic N) is 3. The number of benzene rings is 2. The molecular weight excluding hydrogens is 526 g/mol. The zero-order valence-corrected chi connectivity index (χ0v) is 20.8. The fourth-order valence-electron chi connectivity index (χ4n) is 4.52. The van der Waals surface area contributed by atoms with E-state index in [0.717, 1.165) is 6.07 Å². The molecule has 2 aromatic heterocycles. The number of likely N-dealkylation sites (tertiary alicyclic amines) is 1. The van der Waals surface area contributed by atoms with Gasteiger partial charge in [-0.25, -0.2) is 9.37 Å². The summed E-state index contributed by atoms with van der Waals surface area (Å²) in [6.07, 6.45) is -2.76. The van der Waals surface area contributed by atoms with E-state index in [4.69, 9.17) is 16.0 Å². The van der Waals surface area contributed by atoms with Crippen molar-refractivity contribution in [3.05, 3.63) is 71.3 Å². The number of hydrogen-bond acceptors (Lipinski definition) is 6. The Kier molecular flexibility index (Phi) is 6.87. The highest BCUT2D eigenvalue weighted by Crippen LogP contribution is 2.35. The fourth-order valence-corrected chi connectivity index (χ4v) is 4.69. The van der Waals surface area contributed by atoms with Gasteiger partial charge in [-0.15, -0.1) is 0 Å². The minimum Gasteiger partial charge on any atom is -0.432 e. The Morgan fingerprint density at radius 3 is 2.45 bits per heavy atom. The molecule has 2 atom stereocenters. The third kappa shape index (κ3) is 5.67. The quantitative estimate of drug-likeness (QED) is 0.289. The van der Waals surface area contributed by atoms with Crippen LogP contribution in [0, 0.1) is 5.82 Å². The van der Waals surface area contributed by atoms with Crippen molar-refractivity contribution in [2.24, 2.45) is 0 Å². The Labute approximate surface area is 219 Å². The third-order valence-electron chi connectivity index (χ3n) is 6.29. The van der Waals surface area contributed by atoms with Crippen LogP contribution in [0.25, 0.3) is 22.2 Å². The SMILES string of the molecule is CC(=O)N1C[C@@H](Nc2nc(-c3ccc(F)cc3)co2)C[C@@H](Nc2cc(C(F)(F)F)nc3ccc(Cl)cc23)C1. The first kappa shape index (κ1) is 25.8. The highest BCUT2D eigenvalue weighted by Gasteiger charge is 2.35. The number of amides is 1. The van der Waals surface area contributed by atoms with Gasteiger partial charge in [0.25, 0.3) is 6.01 Å². The molecule has 2 N–H and O–H groups in total. The summed E-state index contributed by atoms with van der Waals surface area (Å²) in [4.78, 5) is 22.0. The van der Waals surface area contributed by atoms with Crippen molar-refractivity contribution in [2.45, 2.75) is 31.6 Å². The number of aromatic nitrogens is 2. The predicted molar refractivity (Wildman–Crippen MR) is 135 cm³/mol. The number of carbonyl (C=O) groups is 1. The average Bonchev–Trinajstić information content (AvgIpc) is 3.32. The molecule has 0 saturated carbocycles. The van der Waals surface area contributed by atoms with E-state index in [1.165, 1.54) is 37.5 Å². The van der Waals surface area contributed by atoms with E-state index in [9.17, 15) is 22.4 Å². The second-order valence-electron chi connectivity index (χ2n) is 9.10. The van der Waals surface area contributed by atoms with Gasteiger partial charge >= 0.3 is 6.18 Å². The summed E-state index contributed by atoms with van der Waals surface area (Å²) in [6, 6.07) is 10.7.